The monoisotopic (exact) mass is 166 g/mol. The number of para-hydroxylation sites is 1. The molecule has 1 atom stereocenters. The molecule has 0 heterocycles. The van der Waals surface area contributed by atoms with E-state index < -0.39 is 11.0 Å². The minimum atomic E-state index is -1.05. The molecule has 0 spiro atoms. The lowest BCUT2D eigenvalue weighted by Crippen LogP contribution is -1.97. The third kappa shape index (κ3) is 1.60. The standard InChI is InChI=1S/C8H8NO3/c1-6(10)7-4-2-3-5-8(7)9(11)12/h2-6H,1H3. The molecule has 12 heavy (non-hydrogen) atoms. The van der Waals surface area contributed by atoms with Crippen molar-refractivity contribution in [1.82, 2.24) is 0 Å². The minimum absolute atomic E-state index is 0.0972. The van der Waals surface area contributed by atoms with Gasteiger partial charge in [0.05, 0.1) is 10.5 Å². The Hall–Kier alpha value is -1.42. The molecule has 1 aromatic rings. The van der Waals surface area contributed by atoms with E-state index in [0.717, 1.165) is 0 Å². The molecule has 1 aromatic carbocycles. The lowest BCUT2D eigenvalue weighted by atomic mass is 10.1. The molecule has 0 aliphatic carbocycles. The fourth-order valence-electron chi connectivity index (χ4n) is 0.998. The van der Waals surface area contributed by atoms with Crippen molar-refractivity contribution in [3.63, 3.8) is 0 Å². The van der Waals surface area contributed by atoms with Gasteiger partial charge in [-0.15, -0.1) is 0 Å². The van der Waals surface area contributed by atoms with Crippen molar-refractivity contribution >= 4 is 5.69 Å². The molecule has 1 rings (SSSR count). The van der Waals surface area contributed by atoms with Gasteiger partial charge in [-0.05, 0) is 13.0 Å². The second-order valence-electron chi connectivity index (χ2n) is 2.46. The minimum Gasteiger partial charge on any atom is -0.258 e. The van der Waals surface area contributed by atoms with Crippen molar-refractivity contribution < 1.29 is 10.0 Å². The molecule has 0 fully saturated rings. The highest BCUT2D eigenvalue weighted by Gasteiger charge is 2.16. The predicted octanol–water partition coefficient (Wildman–Crippen LogP) is 2.09. The van der Waals surface area contributed by atoms with Gasteiger partial charge in [-0.25, -0.2) is 5.11 Å². The van der Waals surface area contributed by atoms with E-state index in [1.807, 2.05) is 0 Å². The van der Waals surface area contributed by atoms with Crippen LogP contribution in [0.3, 0.4) is 0 Å². The predicted molar refractivity (Wildman–Crippen MR) is 42.2 cm³/mol. The molecule has 1 radical (unpaired) electrons. The van der Waals surface area contributed by atoms with E-state index >= 15 is 0 Å². The summed E-state index contributed by atoms with van der Waals surface area (Å²) in [6, 6.07) is 5.99. The number of nitro groups is 1. The van der Waals surface area contributed by atoms with Crippen LogP contribution in [0, 0.1) is 10.1 Å². The van der Waals surface area contributed by atoms with Gasteiger partial charge in [-0.1, -0.05) is 12.1 Å². The van der Waals surface area contributed by atoms with Gasteiger partial charge in [0.15, 0.2) is 0 Å². The highest BCUT2D eigenvalue weighted by Crippen LogP contribution is 2.24. The molecule has 63 valence electrons. The Kier molecular flexibility index (Phi) is 2.40. The van der Waals surface area contributed by atoms with Gasteiger partial charge < -0.3 is 0 Å². The van der Waals surface area contributed by atoms with E-state index in [1.54, 1.807) is 12.1 Å². The third-order valence-corrected chi connectivity index (χ3v) is 1.57. The van der Waals surface area contributed by atoms with Crippen LogP contribution < -0.4 is 0 Å². The zero-order valence-electron chi connectivity index (χ0n) is 6.56. The number of nitrogens with zero attached hydrogens (tertiary/aromatic N) is 1. The van der Waals surface area contributed by atoms with Crippen LogP contribution in [0.1, 0.15) is 18.6 Å². The summed E-state index contributed by atoms with van der Waals surface area (Å²) in [6.07, 6.45) is -1.05. The van der Waals surface area contributed by atoms with E-state index in [2.05, 4.69) is 0 Å². The van der Waals surface area contributed by atoms with Crippen molar-refractivity contribution in [3.8, 4) is 0 Å². The molecule has 4 heteroatoms. The van der Waals surface area contributed by atoms with Crippen LogP contribution in [0.2, 0.25) is 0 Å². The molecule has 0 aliphatic rings. The zero-order valence-corrected chi connectivity index (χ0v) is 6.56. The number of benzene rings is 1. The largest absolute Gasteiger partial charge is 0.275 e. The third-order valence-electron chi connectivity index (χ3n) is 1.57. The summed E-state index contributed by atoms with van der Waals surface area (Å²) < 4.78 is 0. The molecule has 0 amide bonds. The molecule has 0 N–H and O–H groups in total. The Bertz CT molecular complexity index is 296. The number of hydrogen-bond donors (Lipinski definition) is 0. The summed E-state index contributed by atoms with van der Waals surface area (Å²) in [5, 5.41) is 21.3. The second kappa shape index (κ2) is 3.32. The Morgan fingerprint density at radius 1 is 1.42 bits per heavy atom. The Morgan fingerprint density at radius 3 is 2.42 bits per heavy atom. The van der Waals surface area contributed by atoms with Crippen molar-refractivity contribution in [2.75, 3.05) is 0 Å². The topological polar surface area (TPSA) is 63.0 Å². The molecule has 0 saturated heterocycles. The van der Waals surface area contributed by atoms with E-state index in [4.69, 9.17) is 0 Å². The molecule has 0 aromatic heterocycles. The van der Waals surface area contributed by atoms with E-state index in [-0.39, 0.29) is 11.3 Å². The first kappa shape index (κ1) is 8.67. The average Bonchev–Trinajstić information content (AvgIpc) is 2.04. The first-order valence-electron chi connectivity index (χ1n) is 3.52. The van der Waals surface area contributed by atoms with Crippen LogP contribution in [0.4, 0.5) is 5.69 Å². The summed E-state index contributed by atoms with van der Waals surface area (Å²) in [5.41, 5.74) is 0.141. The van der Waals surface area contributed by atoms with E-state index in [0.29, 0.717) is 0 Å². The SMILES string of the molecule is CC([O])c1ccccc1[N+](=O)[O-]. The summed E-state index contributed by atoms with van der Waals surface area (Å²) >= 11 is 0. The molecule has 4 nitrogen and oxygen atoms in total. The summed E-state index contributed by atoms with van der Waals surface area (Å²) in [4.78, 5) is 9.85. The van der Waals surface area contributed by atoms with Gasteiger partial charge in [-0.2, -0.15) is 0 Å². The van der Waals surface area contributed by atoms with Crippen LogP contribution in [-0.4, -0.2) is 4.92 Å². The van der Waals surface area contributed by atoms with Crippen molar-refractivity contribution in [2.45, 2.75) is 13.0 Å². The average molecular weight is 166 g/mol. The van der Waals surface area contributed by atoms with Crippen LogP contribution in [0.5, 0.6) is 0 Å². The van der Waals surface area contributed by atoms with Crippen molar-refractivity contribution in [2.24, 2.45) is 0 Å². The lowest BCUT2D eigenvalue weighted by molar-refractivity contribution is -0.386. The first-order valence-corrected chi connectivity index (χ1v) is 3.52. The van der Waals surface area contributed by atoms with Crippen LogP contribution >= 0.6 is 0 Å². The molecule has 0 saturated carbocycles. The fourth-order valence-corrected chi connectivity index (χ4v) is 0.998. The Labute approximate surface area is 69.6 Å². The molecule has 1 unspecified atom stereocenters. The molecular formula is C8H8NO3. The number of nitro benzene ring substituents is 1. The van der Waals surface area contributed by atoms with E-state index in [9.17, 15) is 15.2 Å². The maximum Gasteiger partial charge on any atom is 0.275 e. The normalized spacial score (nSPS) is 12.5. The molecule has 0 bridgehead atoms. The highest BCUT2D eigenvalue weighted by molar-refractivity contribution is 5.40. The molecular weight excluding hydrogens is 158 g/mol. The van der Waals surface area contributed by atoms with Gasteiger partial charge in [-0.3, -0.25) is 10.1 Å². The summed E-state index contributed by atoms with van der Waals surface area (Å²) in [5.74, 6) is 0. The maximum atomic E-state index is 10.9. The molecule has 0 aliphatic heterocycles. The summed E-state index contributed by atoms with van der Waals surface area (Å²) in [6.45, 7) is 1.39. The zero-order chi connectivity index (χ0) is 9.14. The smallest absolute Gasteiger partial charge is 0.258 e. The van der Waals surface area contributed by atoms with Gasteiger partial charge in [0, 0.05) is 6.07 Å². The van der Waals surface area contributed by atoms with Crippen molar-refractivity contribution in [1.29, 1.82) is 0 Å². The number of rotatable bonds is 2. The van der Waals surface area contributed by atoms with Crippen LogP contribution in [0.15, 0.2) is 24.3 Å². The Morgan fingerprint density at radius 2 is 2.00 bits per heavy atom. The quantitative estimate of drug-likeness (QED) is 0.498. The summed E-state index contributed by atoms with van der Waals surface area (Å²) in [7, 11) is 0. The maximum absolute atomic E-state index is 10.9. The van der Waals surface area contributed by atoms with Gasteiger partial charge >= 0.3 is 0 Å². The highest BCUT2D eigenvalue weighted by atomic mass is 16.6. The first-order chi connectivity index (χ1) is 5.63. The number of hydrogen-bond acceptors (Lipinski definition) is 2. The Balaban J connectivity index is 3.17. The van der Waals surface area contributed by atoms with Gasteiger partial charge in [0.2, 0.25) is 0 Å². The lowest BCUT2D eigenvalue weighted by Gasteiger charge is -2.01. The van der Waals surface area contributed by atoms with Gasteiger partial charge in [0.25, 0.3) is 5.69 Å². The van der Waals surface area contributed by atoms with Gasteiger partial charge in [0.1, 0.15) is 6.10 Å². The van der Waals surface area contributed by atoms with Crippen LogP contribution in [0.25, 0.3) is 0 Å². The van der Waals surface area contributed by atoms with Crippen molar-refractivity contribution in [3.05, 3.63) is 39.9 Å². The van der Waals surface area contributed by atoms with E-state index in [1.165, 1.54) is 19.1 Å². The second-order valence-corrected chi connectivity index (χ2v) is 2.46. The van der Waals surface area contributed by atoms with Crippen LogP contribution in [-0.2, 0) is 5.11 Å². The fraction of sp³-hybridized carbons (Fsp3) is 0.250.